The zero-order valence-electron chi connectivity index (χ0n) is 19.7. The van der Waals surface area contributed by atoms with Gasteiger partial charge in [-0.15, -0.1) is 11.3 Å². The number of fused-ring (bicyclic) bond motifs is 3. The first-order valence-electron chi connectivity index (χ1n) is 12.1. The fourth-order valence-corrected chi connectivity index (χ4v) is 5.95. The van der Waals surface area contributed by atoms with Crippen LogP contribution in [0.4, 0.5) is 0 Å². The third-order valence-corrected chi connectivity index (χ3v) is 7.73. The Morgan fingerprint density at radius 1 is 1.23 bits per heavy atom. The van der Waals surface area contributed by atoms with E-state index in [1.807, 2.05) is 12.3 Å². The van der Waals surface area contributed by atoms with Gasteiger partial charge >= 0.3 is 0 Å². The summed E-state index contributed by atoms with van der Waals surface area (Å²) in [5, 5.41) is 14.9. The van der Waals surface area contributed by atoms with Crippen LogP contribution in [0.3, 0.4) is 0 Å². The topological polar surface area (TPSA) is 67.3 Å². The second kappa shape index (κ2) is 9.26. The lowest BCUT2D eigenvalue weighted by atomic mass is 9.92. The molecule has 0 saturated carbocycles. The second-order valence-corrected chi connectivity index (χ2v) is 9.98. The van der Waals surface area contributed by atoms with Gasteiger partial charge < -0.3 is 23.8 Å². The van der Waals surface area contributed by atoms with Crippen molar-refractivity contribution < 1.29 is 14.2 Å². The van der Waals surface area contributed by atoms with Gasteiger partial charge in [-0.25, -0.2) is 4.98 Å². The Labute approximate surface area is 208 Å². The fraction of sp³-hybridized carbons (Fsp3) is 0.333. The molecule has 0 saturated heterocycles. The molecule has 0 radical (unpaired) electrons. The van der Waals surface area contributed by atoms with Crippen LogP contribution in [0, 0.1) is 11.1 Å². The van der Waals surface area contributed by atoms with Crippen molar-refractivity contribution in [2.75, 3.05) is 13.7 Å². The Bertz CT molecular complexity index is 1410. The van der Waals surface area contributed by atoms with E-state index in [0.717, 1.165) is 76.6 Å². The summed E-state index contributed by atoms with van der Waals surface area (Å²) in [5.41, 5.74) is 3.78. The highest BCUT2D eigenvalue weighted by Crippen LogP contribution is 2.37. The predicted molar refractivity (Wildman–Crippen MR) is 138 cm³/mol. The largest absolute Gasteiger partial charge is 0.618 e. The van der Waals surface area contributed by atoms with Gasteiger partial charge in [0.05, 0.1) is 41.7 Å². The molecule has 1 atom stereocenters. The van der Waals surface area contributed by atoms with E-state index in [1.54, 1.807) is 24.7 Å². The van der Waals surface area contributed by atoms with Crippen molar-refractivity contribution in [1.82, 2.24) is 14.1 Å². The molecular weight excluding hydrogens is 460 g/mol. The molecule has 180 valence electrons. The van der Waals surface area contributed by atoms with Gasteiger partial charge in [0.1, 0.15) is 0 Å². The van der Waals surface area contributed by atoms with E-state index in [0.29, 0.717) is 18.1 Å². The van der Waals surface area contributed by atoms with Crippen LogP contribution in [0.15, 0.2) is 59.7 Å². The average molecular weight is 489 g/mol. The SMILES string of the molecule is COc1c(OCCCn2c(-c3cccs3)nc3ccccc32)cn2c1C=[N+]([O-])C1=CCCC[C@H]1C2. The maximum Gasteiger partial charge on any atom is 0.208 e. The summed E-state index contributed by atoms with van der Waals surface area (Å²) in [5.74, 6) is 2.53. The number of aryl methyl sites for hydroxylation is 1. The molecule has 0 unspecified atom stereocenters. The van der Waals surface area contributed by atoms with Gasteiger partial charge in [-0.3, -0.25) is 0 Å². The minimum atomic E-state index is 0.230. The van der Waals surface area contributed by atoms with E-state index in [-0.39, 0.29) is 5.92 Å². The number of hydroxylamine groups is 1. The zero-order chi connectivity index (χ0) is 23.8. The number of rotatable bonds is 7. The minimum absolute atomic E-state index is 0.230. The van der Waals surface area contributed by atoms with Gasteiger partial charge in [0.15, 0.2) is 28.7 Å². The minimum Gasteiger partial charge on any atom is -0.618 e. The van der Waals surface area contributed by atoms with E-state index >= 15 is 0 Å². The lowest BCUT2D eigenvalue weighted by Crippen LogP contribution is -2.18. The lowest BCUT2D eigenvalue weighted by Gasteiger charge is -2.20. The Kier molecular flexibility index (Phi) is 5.82. The molecule has 0 amide bonds. The molecule has 4 aromatic rings. The maximum atomic E-state index is 12.8. The number of imidazole rings is 1. The Morgan fingerprint density at radius 3 is 3.00 bits per heavy atom. The molecule has 7 nitrogen and oxygen atoms in total. The van der Waals surface area contributed by atoms with Gasteiger partial charge in [-0.2, -0.15) is 4.74 Å². The molecule has 4 heterocycles. The van der Waals surface area contributed by atoms with E-state index in [4.69, 9.17) is 14.5 Å². The van der Waals surface area contributed by atoms with Crippen LogP contribution in [-0.4, -0.2) is 38.8 Å². The summed E-state index contributed by atoms with van der Waals surface area (Å²) < 4.78 is 17.3. The van der Waals surface area contributed by atoms with Crippen LogP contribution >= 0.6 is 11.3 Å². The number of benzene rings is 1. The molecule has 0 spiro atoms. The monoisotopic (exact) mass is 488 g/mol. The first-order valence-corrected chi connectivity index (χ1v) is 13.0. The number of hydrogen-bond acceptors (Lipinski definition) is 5. The quantitative estimate of drug-likeness (QED) is 0.191. The molecule has 8 heteroatoms. The molecule has 6 rings (SSSR count). The Balaban J connectivity index is 1.21. The van der Waals surface area contributed by atoms with Crippen molar-refractivity contribution in [3.8, 4) is 22.2 Å². The van der Waals surface area contributed by atoms with Crippen LogP contribution in [-0.2, 0) is 13.1 Å². The molecule has 0 fully saturated rings. The first kappa shape index (κ1) is 22.0. The van der Waals surface area contributed by atoms with Gasteiger partial charge in [-0.05, 0) is 55.3 Å². The summed E-state index contributed by atoms with van der Waals surface area (Å²) in [4.78, 5) is 6.04. The van der Waals surface area contributed by atoms with Gasteiger partial charge in [-0.1, -0.05) is 18.2 Å². The lowest BCUT2D eigenvalue weighted by molar-refractivity contribution is -0.406. The summed E-state index contributed by atoms with van der Waals surface area (Å²) in [7, 11) is 1.63. The number of hydrogen-bond donors (Lipinski definition) is 0. The summed E-state index contributed by atoms with van der Waals surface area (Å²) in [6, 6.07) is 12.4. The smallest absolute Gasteiger partial charge is 0.208 e. The molecule has 1 aliphatic heterocycles. The highest BCUT2D eigenvalue weighted by Gasteiger charge is 2.31. The molecule has 3 aromatic heterocycles. The van der Waals surface area contributed by atoms with Crippen molar-refractivity contribution in [3.05, 3.63) is 70.6 Å². The van der Waals surface area contributed by atoms with E-state index in [2.05, 4.69) is 50.9 Å². The molecule has 0 bridgehead atoms. The molecule has 1 aromatic carbocycles. The van der Waals surface area contributed by atoms with E-state index < -0.39 is 0 Å². The third-order valence-electron chi connectivity index (χ3n) is 6.86. The molecule has 1 aliphatic carbocycles. The van der Waals surface area contributed by atoms with Crippen molar-refractivity contribution in [2.24, 2.45) is 5.92 Å². The van der Waals surface area contributed by atoms with Crippen molar-refractivity contribution in [3.63, 3.8) is 0 Å². The number of allylic oxidation sites excluding steroid dienone is 2. The molecule has 35 heavy (non-hydrogen) atoms. The number of aromatic nitrogens is 3. The summed E-state index contributed by atoms with van der Waals surface area (Å²) in [6.07, 6.45) is 9.63. The number of methoxy groups -OCH3 is 1. The standard InChI is InChI=1S/C27H28N4O3S/c1-33-26-23-17-31(32)21-10-4-2-8-19(21)16-29(23)18-24(26)34-14-7-13-30-22-11-5-3-9-20(22)28-27(30)25-12-6-15-35-25/h3,5-6,9-12,15,17-19H,2,4,7-8,13-14,16H2,1H3/t19-/m0/s1. The molecule has 2 aliphatic rings. The van der Waals surface area contributed by atoms with Gasteiger partial charge in [0, 0.05) is 13.1 Å². The predicted octanol–water partition coefficient (Wildman–Crippen LogP) is 5.67. The van der Waals surface area contributed by atoms with Gasteiger partial charge in [0.2, 0.25) is 6.21 Å². The van der Waals surface area contributed by atoms with Crippen LogP contribution in [0.5, 0.6) is 11.5 Å². The fourth-order valence-electron chi connectivity index (χ4n) is 5.23. The van der Waals surface area contributed by atoms with Crippen molar-refractivity contribution in [2.45, 2.75) is 38.8 Å². The molecule has 0 N–H and O–H groups in total. The highest BCUT2D eigenvalue weighted by molar-refractivity contribution is 7.13. The van der Waals surface area contributed by atoms with Crippen LogP contribution in [0.25, 0.3) is 21.7 Å². The van der Waals surface area contributed by atoms with E-state index in [1.165, 1.54) is 0 Å². The third kappa shape index (κ3) is 4.01. The van der Waals surface area contributed by atoms with Crippen LogP contribution in [0.2, 0.25) is 0 Å². The Hall–Kier alpha value is -3.52. The van der Waals surface area contributed by atoms with Crippen LogP contribution < -0.4 is 9.47 Å². The van der Waals surface area contributed by atoms with E-state index in [9.17, 15) is 5.21 Å². The summed E-state index contributed by atoms with van der Waals surface area (Å²) in [6.45, 7) is 2.09. The average Bonchev–Trinajstić information content (AvgIpc) is 3.58. The second-order valence-electron chi connectivity index (χ2n) is 9.03. The van der Waals surface area contributed by atoms with Crippen LogP contribution in [0.1, 0.15) is 31.4 Å². The maximum absolute atomic E-state index is 12.8. The number of para-hydroxylation sites is 2. The van der Waals surface area contributed by atoms with Crippen molar-refractivity contribution >= 4 is 28.6 Å². The summed E-state index contributed by atoms with van der Waals surface area (Å²) >= 11 is 1.70. The Morgan fingerprint density at radius 2 is 2.14 bits per heavy atom. The number of ether oxygens (including phenoxy) is 2. The highest BCUT2D eigenvalue weighted by atomic mass is 32.1. The zero-order valence-corrected chi connectivity index (χ0v) is 20.5. The normalized spacial score (nSPS) is 17.3. The van der Waals surface area contributed by atoms with Gasteiger partial charge in [0.25, 0.3) is 0 Å². The van der Waals surface area contributed by atoms with Crippen molar-refractivity contribution in [1.29, 1.82) is 0 Å². The first-order chi connectivity index (χ1) is 17.2. The number of thiophene rings is 1. The number of nitrogens with zero attached hydrogens (tertiary/aromatic N) is 4. The molecular formula is C27H28N4O3S.